The summed E-state index contributed by atoms with van der Waals surface area (Å²) in [4.78, 5) is 0. The van der Waals surface area contributed by atoms with Gasteiger partial charge in [0.2, 0.25) is 0 Å². The van der Waals surface area contributed by atoms with E-state index >= 15 is 0 Å². The van der Waals surface area contributed by atoms with Gasteiger partial charge in [-0.25, -0.2) is 13.1 Å². The first-order valence-corrected chi connectivity index (χ1v) is 9.16. The molecule has 1 fully saturated rings. The topological polar surface area (TPSA) is 86.9 Å². The van der Waals surface area contributed by atoms with Gasteiger partial charge in [0.15, 0.2) is 5.03 Å². The largest absolute Gasteiger partial charge is 0.313 e. The number of nitrogens with one attached hydrogen (secondary N) is 3. The van der Waals surface area contributed by atoms with Crippen LogP contribution in [0.1, 0.15) is 45.6 Å². The van der Waals surface area contributed by atoms with Gasteiger partial charge >= 0.3 is 0 Å². The van der Waals surface area contributed by atoms with Crippen LogP contribution < -0.4 is 10.0 Å². The van der Waals surface area contributed by atoms with Gasteiger partial charge in [0, 0.05) is 18.2 Å². The summed E-state index contributed by atoms with van der Waals surface area (Å²) in [6.45, 7) is 7.64. The molecule has 3 N–H and O–H groups in total. The molecule has 1 saturated carbocycles. The molecule has 7 heteroatoms. The molecule has 0 aliphatic heterocycles. The van der Waals surface area contributed by atoms with Crippen molar-refractivity contribution in [1.82, 2.24) is 20.2 Å². The standard InChI is InChI=1S/C14H26N4O2S/c1-4-15-8-12-9-16-17-14(12)21(19,20)18-13-6-10(2)5-11(3)7-13/h9-11,13,15,18H,4-8H2,1-3H3,(H,16,17). The molecule has 2 rings (SSSR count). The van der Waals surface area contributed by atoms with Crippen LogP contribution in [0.15, 0.2) is 11.2 Å². The molecule has 1 heterocycles. The molecular formula is C14H26N4O2S. The summed E-state index contributed by atoms with van der Waals surface area (Å²) in [7, 11) is -3.53. The van der Waals surface area contributed by atoms with Crippen molar-refractivity contribution < 1.29 is 8.42 Å². The lowest BCUT2D eigenvalue weighted by atomic mass is 9.81. The second-order valence-electron chi connectivity index (χ2n) is 6.24. The van der Waals surface area contributed by atoms with Crippen molar-refractivity contribution in [2.45, 2.75) is 57.6 Å². The summed E-state index contributed by atoms with van der Waals surface area (Å²) in [6.07, 6.45) is 4.55. The number of aromatic amines is 1. The Labute approximate surface area is 127 Å². The van der Waals surface area contributed by atoms with Gasteiger partial charge in [-0.1, -0.05) is 20.8 Å². The molecule has 1 aliphatic rings. The quantitative estimate of drug-likeness (QED) is 0.744. The van der Waals surface area contributed by atoms with Gasteiger partial charge in [-0.05, 0) is 37.6 Å². The highest BCUT2D eigenvalue weighted by atomic mass is 32.2. The summed E-state index contributed by atoms with van der Waals surface area (Å²) < 4.78 is 27.9. The van der Waals surface area contributed by atoms with E-state index in [-0.39, 0.29) is 11.1 Å². The maximum Gasteiger partial charge on any atom is 0.258 e. The Balaban J connectivity index is 2.09. The zero-order valence-electron chi connectivity index (χ0n) is 13.0. The lowest BCUT2D eigenvalue weighted by molar-refractivity contribution is 0.257. The molecule has 0 aromatic carbocycles. The highest BCUT2D eigenvalue weighted by molar-refractivity contribution is 7.89. The molecular weight excluding hydrogens is 288 g/mol. The van der Waals surface area contributed by atoms with Gasteiger partial charge in [0.05, 0.1) is 6.20 Å². The molecule has 1 aliphatic carbocycles. The maximum absolute atomic E-state index is 12.5. The van der Waals surface area contributed by atoms with Crippen molar-refractivity contribution in [3.63, 3.8) is 0 Å². The van der Waals surface area contributed by atoms with Crippen molar-refractivity contribution in [2.24, 2.45) is 11.8 Å². The minimum absolute atomic E-state index is 0.0176. The molecule has 0 radical (unpaired) electrons. The van der Waals surface area contributed by atoms with Crippen molar-refractivity contribution in [1.29, 1.82) is 0 Å². The Bertz CT molecular complexity index is 545. The fourth-order valence-electron chi connectivity index (χ4n) is 3.24. The monoisotopic (exact) mass is 314 g/mol. The third-order valence-electron chi connectivity index (χ3n) is 4.01. The van der Waals surface area contributed by atoms with Crippen LogP contribution in [0.5, 0.6) is 0 Å². The van der Waals surface area contributed by atoms with E-state index in [1.807, 2.05) is 6.92 Å². The molecule has 1 aromatic heterocycles. The summed E-state index contributed by atoms with van der Waals surface area (Å²) >= 11 is 0. The van der Waals surface area contributed by atoms with Gasteiger partial charge in [-0.3, -0.25) is 5.10 Å². The predicted molar refractivity (Wildman–Crippen MR) is 82.3 cm³/mol. The number of nitrogens with zero attached hydrogens (tertiary/aromatic N) is 1. The summed E-state index contributed by atoms with van der Waals surface area (Å²) in [5.74, 6) is 1.12. The van der Waals surface area contributed by atoms with Crippen LogP contribution in [0.3, 0.4) is 0 Å². The molecule has 0 spiro atoms. The van der Waals surface area contributed by atoms with E-state index in [4.69, 9.17) is 0 Å². The molecule has 21 heavy (non-hydrogen) atoms. The molecule has 2 unspecified atom stereocenters. The first-order valence-electron chi connectivity index (χ1n) is 7.67. The summed E-state index contributed by atoms with van der Waals surface area (Å²) in [5.41, 5.74) is 0.682. The average molecular weight is 314 g/mol. The summed E-state index contributed by atoms with van der Waals surface area (Å²) in [6, 6.07) is 0.0176. The first-order chi connectivity index (χ1) is 9.92. The van der Waals surface area contributed by atoms with Crippen molar-refractivity contribution in [2.75, 3.05) is 6.54 Å². The lowest BCUT2D eigenvalue weighted by Crippen LogP contribution is -2.40. The molecule has 2 atom stereocenters. The van der Waals surface area contributed by atoms with Crippen molar-refractivity contribution >= 4 is 10.0 Å². The molecule has 1 aromatic rings. The van der Waals surface area contributed by atoms with E-state index in [1.54, 1.807) is 6.20 Å². The normalized spacial score (nSPS) is 26.9. The Morgan fingerprint density at radius 2 is 1.95 bits per heavy atom. The van der Waals surface area contributed by atoms with Gasteiger partial charge in [0.1, 0.15) is 0 Å². The third-order valence-corrected chi connectivity index (χ3v) is 5.55. The molecule has 0 saturated heterocycles. The van der Waals surface area contributed by atoms with Gasteiger partial charge in [-0.2, -0.15) is 5.10 Å². The average Bonchev–Trinajstić information content (AvgIpc) is 2.83. The second kappa shape index (κ2) is 6.89. The number of H-pyrrole nitrogens is 1. The van der Waals surface area contributed by atoms with E-state index < -0.39 is 10.0 Å². The highest BCUT2D eigenvalue weighted by Gasteiger charge is 2.29. The number of hydrogen-bond acceptors (Lipinski definition) is 4. The fraction of sp³-hybridized carbons (Fsp3) is 0.786. The summed E-state index contributed by atoms with van der Waals surface area (Å²) in [5, 5.41) is 9.82. The maximum atomic E-state index is 12.5. The van der Waals surface area contributed by atoms with Crippen LogP contribution in [0.2, 0.25) is 0 Å². The zero-order chi connectivity index (χ0) is 15.5. The minimum atomic E-state index is -3.53. The van der Waals surface area contributed by atoms with E-state index in [2.05, 4.69) is 34.1 Å². The van der Waals surface area contributed by atoms with Gasteiger partial charge < -0.3 is 5.32 Å². The number of aromatic nitrogens is 2. The van der Waals surface area contributed by atoms with E-state index in [0.717, 1.165) is 19.4 Å². The predicted octanol–water partition coefficient (Wildman–Crippen LogP) is 1.62. The van der Waals surface area contributed by atoms with Crippen LogP contribution in [-0.2, 0) is 16.6 Å². The Hall–Kier alpha value is -0.920. The van der Waals surface area contributed by atoms with Crippen LogP contribution in [0.25, 0.3) is 0 Å². The van der Waals surface area contributed by atoms with E-state index in [0.29, 0.717) is 23.9 Å². The van der Waals surface area contributed by atoms with Crippen LogP contribution >= 0.6 is 0 Å². The smallest absolute Gasteiger partial charge is 0.258 e. The lowest BCUT2D eigenvalue weighted by Gasteiger charge is -2.31. The van der Waals surface area contributed by atoms with Crippen molar-refractivity contribution in [3.8, 4) is 0 Å². The molecule has 0 bridgehead atoms. The fourth-order valence-corrected chi connectivity index (χ4v) is 4.63. The zero-order valence-corrected chi connectivity index (χ0v) is 13.8. The second-order valence-corrected chi connectivity index (χ2v) is 7.89. The van der Waals surface area contributed by atoms with Crippen LogP contribution in [-0.4, -0.2) is 31.2 Å². The van der Waals surface area contributed by atoms with E-state index in [1.165, 1.54) is 6.42 Å². The SMILES string of the molecule is CCNCc1cn[nH]c1S(=O)(=O)NC1CC(C)CC(C)C1. The van der Waals surface area contributed by atoms with Crippen LogP contribution in [0, 0.1) is 11.8 Å². The minimum Gasteiger partial charge on any atom is -0.313 e. The number of sulfonamides is 1. The number of hydrogen-bond donors (Lipinski definition) is 3. The molecule has 6 nitrogen and oxygen atoms in total. The Morgan fingerprint density at radius 1 is 1.29 bits per heavy atom. The third kappa shape index (κ3) is 4.28. The van der Waals surface area contributed by atoms with E-state index in [9.17, 15) is 8.42 Å². The number of rotatable bonds is 6. The van der Waals surface area contributed by atoms with Crippen LogP contribution in [0.4, 0.5) is 0 Å². The Kier molecular flexibility index (Phi) is 5.40. The van der Waals surface area contributed by atoms with Gasteiger partial charge in [-0.15, -0.1) is 0 Å². The molecule has 120 valence electrons. The Morgan fingerprint density at radius 3 is 2.57 bits per heavy atom. The molecule has 0 amide bonds. The highest BCUT2D eigenvalue weighted by Crippen LogP contribution is 2.29. The van der Waals surface area contributed by atoms with Gasteiger partial charge in [0.25, 0.3) is 10.0 Å². The van der Waals surface area contributed by atoms with Crippen molar-refractivity contribution in [3.05, 3.63) is 11.8 Å². The first kappa shape index (κ1) is 16.5.